The van der Waals surface area contributed by atoms with E-state index in [4.69, 9.17) is 9.72 Å². The Hall–Kier alpha value is -3.42. The van der Waals surface area contributed by atoms with Gasteiger partial charge in [0.05, 0.1) is 17.5 Å². The van der Waals surface area contributed by atoms with Crippen LogP contribution in [0.3, 0.4) is 0 Å². The molecule has 2 aromatic rings. The van der Waals surface area contributed by atoms with E-state index >= 15 is 0 Å². The number of benzene rings is 1. The number of imide groups is 1. The Bertz CT molecular complexity index is 1170. The van der Waals surface area contributed by atoms with E-state index in [1.54, 1.807) is 23.2 Å². The number of carbonyl (C=O) groups excluding carboxylic acids is 3. The highest BCUT2D eigenvalue weighted by atomic mass is 16.6. The molecule has 0 radical (unpaired) electrons. The van der Waals surface area contributed by atoms with Gasteiger partial charge in [0.2, 0.25) is 0 Å². The number of urea groups is 1. The van der Waals surface area contributed by atoms with Crippen LogP contribution in [0.1, 0.15) is 108 Å². The first-order chi connectivity index (χ1) is 18.6. The van der Waals surface area contributed by atoms with E-state index in [0.29, 0.717) is 30.9 Å². The number of nitrogens with zero attached hydrogens (tertiary/aromatic N) is 4. The zero-order chi connectivity index (χ0) is 28.6. The minimum Gasteiger partial charge on any atom is -0.456 e. The van der Waals surface area contributed by atoms with Gasteiger partial charge in [0.1, 0.15) is 17.1 Å². The molecular weight excluding hydrogens is 492 g/mol. The summed E-state index contributed by atoms with van der Waals surface area (Å²) in [4.78, 5) is 46.7. The number of aromatic nitrogens is 2. The Morgan fingerprint density at radius 3 is 2.13 bits per heavy atom. The Morgan fingerprint density at radius 1 is 0.923 bits per heavy atom. The van der Waals surface area contributed by atoms with Crippen molar-refractivity contribution in [3.05, 3.63) is 58.8 Å². The Labute approximate surface area is 233 Å². The molecule has 3 rings (SSSR count). The molecule has 1 aromatic carbocycles. The monoisotopic (exact) mass is 536 g/mol. The topological polar surface area (TPSA) is 84.7 Å². The standard InChI is InChI=1S/C31H44N4O4/c1-7-10-13-27-32-21-25(20-26-28(36)34(19-12-9-3)30(38)33(26)18-11-8-2)35(27)22-23-14-16-24(17-15-23)29(37)39-31(4,5)6/h14-17,20-21H,7-13,18-19,22H2,1-6H3. The van der Waals surface area contributed by atoms with Crippen molar-refractivity contribution in [2.45, 2.75) is 98.6 Å². The zero-order valence-corrected chi connectivity index (χ0v) is 24.5. The van der Waals surface area contributed by atoms with Crippen molar-refractivity contribution in [1.82, 2.24) is 19.4 Å². The fraction of sp³-hybridized carbons (Fsp3) is 0.548. The van der Waals surface area contributed by atoms with Crippen molar-refractivity contribution in [1.29, 1.82) is 0 Å². The summed E-state index contributed by atoms with van der Waals surface area (Å²) in [6.07, 6.45) is 9.90. The van der Waals surface area contributed by atoms with Crippen LogP contribution >= 0.6 is 0 Å². The molecule has 1 saturated heterocycles. The maximum absolute atomic E-state index is 13.4. The molecule has 1 fully saturated rings. The van der Waals surface area contributed by atoms with Gasteiger partial charge in [0.15, 0.2) is 0 Å². The van der Waals surface area contributed by atoms with Crippen molar-refractivity contribution in [2.75, 3.05) is 13.1 Å². The summed E-state index contributed by atoms with van der Waals surface area (Å²) in [5, 5.41) is 0. The van der Waals surface area contributed by atoms with Crippen LogP contribution in [0.25, 0.3) is 6.08 Å². The first-order valence-corrected chi connectivity index (χ1v) is 14.3. The smallest absolute Gasteiger partial charge is 0.338 e. The Morgan fingerprint density at radius 2 is 1.54 bits per heavy atom. The molecule has 0 unspecified atom stereocenters. The molecule has 2 heterocycles. The molecule has 1 aromatic heterocycles. The van der Waals surface area contributed by atoms with E-state index in [1.807, 2.05) is 45.9 Å². The summed E-state index contributed by atoms with van der Waals surface area (Å²) < 4.78 is 7.59. The molecule has 8 heteroatoms. The molecule has 0 N–H and O–H groups in total. The van der Waals surface area contributed by atoms with Crippen LogP contribution in [0.15, 0.2) is 36.2 Å². The molecule has 1 aliphatic rings. The molecular formula is C31H44N4O4. The second-order valence-electron chi connectivity index (χ2n) is 11.1. The van der Waals surface area contributed by atoms with Gasteiger partial charge >= 0.3 is 12.0 Å². The molecule has 1 aliphatic heterocycles. The second-order valence-corrected chi connectivity index (χ2v) is 11.1. The van der Waals surface area contributed by atoms with Crippen molar-refractivity contribution >= 4 is 24.0 Å². The molecule has 39 heavy (non-hydrogen) atoms. The summed E-state index contributed by atoms with van der Waals surface area (Å²) >= 11 is 0. The lowest BCUT2D eigenvalue weighted by Gasteiger charge is -2.19. The first-order valence-electron chi connectivity index (χ1n) is 14.3. The van der Waals surface area contributed by atoms with E-state index in [-0.39, 0.29) is 17.9 Å². The molecule has 0 atom stereocenters. The third kappa shape index (κ3) is 7.80. The number of esters is 1. The number of imidazole rings is 1. The quantitative estimate of drug-likeness (QED) is 0.167. The molecule has 212 valence electrons. The van der Waals surface area contributed by atoms with Crippen LogP contribution in [0.5, 0.6) is 0 Å². The average Bonchev–Trinajstić information content (AvgIpc) is 3.36. The maximum atomic E-state index is 13.4. The summed E-state index contributed by atoms with van der Waals surface area (Å²) in [7, 11) is 0. The van der Waals surface area contributed by atoms with Gasteiger partial charge in [0, 0.05) is 26.1 Å². The normalized spacial score (nSPS) is 15.1. The number of aryl methyl sites for hydroxylation is 1. The highest BCUT2D eigenvalue weighted by Crippen LogP contribution is 2.26. The lowest BCUT2D eigenvalue weighted by Crippen LogP contribution is -2.34. The van der Waals surface area contributed by atoms with Gasteiger partial charge in [-0.05, 0) is 63.8 Å². The average molecular weight is 537 g/mol. The number of rotatable bonds is 13. The Kier molecular flexibility index (Phi) is 10.5. The fourth-order valence-electron chi connectivity index (χ4n) is 4.44. The minimum absolute atomic E-state index is 0.233. The highest BCUT2D eigenvalue weighted by Gasteiger charge is 2.40. The van der Waals surface area contributed by atoms with Crippen LogP contribution in [0, 0.1) is 0 Å². The number of hydrogen-bond donors (Lipinski definition) is 0. The van der Waals surface area contributed by atoms with Crippen LogP contribution < -0.4 is 0 Å². The number of unbranched alkanes of at least 4 members (excludes halogenated alkanes) is 3. The lowest BCUT2D eigenvalue weighted by molar-refractivity contribution is -0.123. The second kappa shape index (κ2) is 13.6. The van der Waals surface area contributed by atoms with Gasteiger partial charge < -0.3 is 9.30 Å². The first kappa shape index (κ1) is 30.1. The summed E-state index contributed by atoms with van der Waals surface area (Å²) in [6.45, 7) is 13.3. The van der Waals surface area contributed by atoms with Crippen LogP contribution in [0.2, 0.25) is 0 Å². The summed E-state index contributed by atoms with van der Waals surface area (Å²) in [6, 6.07) is 7.17. The molecule has 0 spiro atoms. The number of carbonyl (C=O) groups is 3. The van der Waals surface area contributed by atoms with Crippen LogP contribution in [-0.2, 0) is 22.5 Å². The molecule has 0 saturated carbocycles. The number of ether oxygens (including phenoxy) is 1. The number of hydrogen-bond acceptors (Lipinski definition) is 5. The molecule has 3 amide bonds. The van der Waals surface area contributed by atoms with Crippen LogP contribution in [-0.4, -0.2) is 55.9 Å². The predicted octanol–water partition coefficient (Wildman–Crippen LogP) is 6.43. The van der Waals surface area contributed by atoms with Gasteiger partial charge in [-0.2, -0.15) is 0 Å². The number of amides is 3. The predicted molar refractivity (Wildman–Crippen MR) is 153 cm³/mol. The van der Waals surface area contributed by atoms with Gasteiger partial charge in [-0.15, -0.1) is 0 Å². The Balaban J connectivity index is 1.94. The SMILES string of the molecule is CCCCc1ncc(C=C2C(=O)N(CCCC)C(=O)N2CCCC)n1Cc1ccc(C(=O)OC(C)(C)C)cc1. The van der Waals surface area contributed by atoms with Gasteiger partial charge in [-0.1, -0.05) is 52.2 Å². The van der Waals surface area contributed by atoms with Gasteiger partial charge in [-0.25, -0.2) is 14.6 Å². The van der Waals surface area contributed by atoms with Crippen LogP contribution in [0.4, 0.5) is 4.79 Å². The van der Waals surface area contributed by atoms with E-state index in [9.17, 15) is 14.4 Å². The van der Waals surface area contributed by atoms with Crippen molar-refractivity contribution in [2.24, 2.45) is 0 Å². The molecule has 0 aliphatic carbocycles. The van der Waals surface area contributed by atoms with E-state index in [0.717, 1.165) is 62.0 Å². The fourth-order valence-corrected chi connectivity index (χ4v) is 4.44. The van der Waals surface area contributed by atoms with E-state index < -0.39 is 5.60 Å². The largest absolute Gasteiger partial charge is 0.456 e. The third-order valence-electron chi connectivity index (χ3n) is 6.62. The van der Waals surface area contributed by atoms with E-state index in [1.165, 1.54) is 4.90 Å². The van der Waals surface area contributed by atoms with Crippen molar-refractivity contribution in [3.63, 3.8) is 0 Å². The van der Waals surface area contributed by atoms with Gasteiger partial charge in [0.25, 0.3) is 5.91 Å². The maximum Gasteiger partial charge on any atom is 0.338 e. The zero-order valence-electron chi connectivity index (χ0n) is 24.5. The highest BCUT2D eigenvalue weighted by molar-refractivity contribution is 6.13. The minimum atomic E-state index is -0.556. The van der Waals surface area contributed by atoms with E-state index in [2.05, 4.69) is 18.4 Å². The third-order valence-corrected chi connectivity index (χ3v) is 6.62. The van der Waals surface area contributed by atoms with Gasteiger partial charge in [-0.3, -0.25) is 14.6 Å². The summed E-state index contributed by atoms with van der Waals surface area (Å²) in [5.74, 6) is 0.337. The molecule has 8 nitrogen and oxygen atoms in total. The summed E-state index contributed by atoms with van der Waals surface area (Å²) in [5.41, 5.74) is 2.14. The molecule has 0 bridgehead atoms. The lowest BCUT2D eigenvalue weighted by atomic mass is 10.1. The van der Waals surface area contributed by atoms with Crippen molar-refractivity contribution < 1.29 is 19.1 Å². The van der Waals surface area contributed by atoms with Crippen molar-refractivity contribution in [3.8, 4) is 0 Å².